The highest BCUT2D eigenvalue weighted by Crippen LogP contribution is 2.37. The molecule has 1 heterocycles. The second-order valence-electron chi connectivity index (χ2n) is 6.10. The van der Waals surface area contributed by atoms with Gasteiger partial charge in [-0.25, -0.2) is 0 Å². The number of thiophene rings is 1. The fourth-order valence-corrected chi connectivity index (χ4v) is 3.66. The van der Waals surface area contributed by atoms with Gasteiger partial charge in [0.25, 0.3) is 0 Å². The molecule has 1 saturated carbocycles. The van der Waals surface area contributed by atoms with Gasteiger partial charge in [0.2, 0.25) is 0 Å². The second-order valence-corrected chi connectivity index (χ2v) is 7.08. The van der Waals surface area contributed by atoms with Crippen LogP contribution in [0.2, 0.25) is 0 Å². The SMILES string of the molecule is CN=C(NCC(C)c1cccs1)NC1CCC(C(F)(F)F)CC1. The normalized spacial score (nSPS) is 24.3. The zero-order valence-corrected chi connectivity index (χ0v) is 14.3. The number of halogens is 3. The van der Waals surface area contributed by atoms with E-state index >= 15 is 0 Å². The molecule has 2 N–H and O–H groups in total. The Morgan fingerprint density at radius 1 is 1.35 bits per heavy atom. The zero-order chi connectivity index (χ0) is 16.9. The van der Waals surface area contributed by atoms with Crippen molar-refractivity contribution in [2.24, 2.45) is 10.9 Å². The van der Waals surface area contributed by atoms with E-state index in [1.165, 1.54) is 4.88 Å². The first kappa shape index (κ1) is 18.1. The van der Waals surface area contributed by atoms with Crippen LogP contribution in [0.5, 0.6) is 0 Å². The third kappa shape index (κ3) is 5.41. The quantitative estimate of drug-likeness (QED) is 0.634. The van der Waals surface area contributed by atoms with Crippen molar-refractivity contribution in [3.05, 3.63) is 22.4 Å². The summed E-state index contributed by atoms with van der Waals surface area (Å²) in [6, 6.07) is 4.20. The monoisotopic (exact) mass is 347 g/mol. The van der Waals surface area contributed by atoms with E-state index in [0.717, 1.165) is 6.54 Å². The molecule has 0 aliphatic heterocycles. The highest BCUT2D eigenvalue weighted by Gasteiger charge is 2.41. The summed E-state index contributed by atoms with van der Waals surface area (Å²) in [5.41, 5.74) is 0. The molecule has 0 spiro atoms. The number of nitrogens with zero attached hydrogens (tertiary/aromatic N) is 1. The first-order valence-corrected chi connectivity index (χ1v) is 8.85. The summed E-state index contributed by atoms with van der Waals surface area (Å²) >= 11 is 1.72. The van der Waals surface area contributed by atoms with Crippen LogP contribution in [-0.4, -0.2) is 31.8 Å². The van der Waals surface area contributed by atoms with Gasteiger partial charge < -0.3 is 10.6 Å². The Hall–Kier alpha value is -1.24. The Balaban J connectivity index is 1.75. The van der Waals surface area contributed by atoms with Gasteiger partial charge in [-0.1, -0.05) is 13.0 Å². The van der Waals surface area contributed by atoms with Crippen LogP contribution in [0.25, 0.3) is 0 Å². The van der Waals surface area contributed by atoms with Gasteiger partial charge in [-0.15, -0.1) is 11.3 Å². The Morgan fingerprint density at radius 3 is 2.57 bits per heavy atom. The van der Waals surface area contributed by atoms with Crippen LogP contribution in [0.4, 0.5) is 13.2 Å². The molecule has 130 valence electrons. The van der Waals surface area contributed by atoms with Crippen LogP contribution < -0.4 is 10.6 Å². The van der Waals surface area contributed by atoms with Crippen molar-refractivity contribution in [1.29, 1.82) is 0 Å². The number of alkyl halides is 3. The van der Waals surface area contributed by atoms with Crippen LogP contribution in [0.3, 0.4) is 0 Å². The average Bonchev–Trinajstić information content (AvgIpc) is 3.05. The fourth-order valence-electron chi connectivity index (χ4n) is 2.88. The number of hydrogen-bond donors (Lipinski definition) is 2. The van der Waals surface area contributed by atoms with Gasteiger partial charge in [0.05, 0.1) is 5.92 Å². The molecular formula is C16H24F3N3S. The minimum Gasteiger partial charge on any atom is -0.356 e. The summed E-state index contributed by atoms with van der Waals surface area (Å²) in [4.78, 5) is 5.48. The van der Waals surface area contributed by atoms with Crippen molar-refractivity contribution in [2.45, 2.75) is 50.7 Å². The van der Waals surface area contributed by atoms with Gasteiger partial charge in [-0.3, -0.25) is 4.99 Å². The highest BCUT2D eigenvalue weighted by molar-refractivity contribution is 7.10. The van der Waals surface area contributed by atoms with E-state index in [9.17, 15) is 13.2 Å². The third-order valence-electron chi connectivity index (χ3n) is 4.36. The molecule has 3 nitrogen and oxygen atoms in total. The van der Waals surface area contributed by atoms with Crippen LogP contribution in [0, 0.1) is 5.92 Å². The summed E-state index contributed by atoms with van der Waals surface area (Å²) in [6.07, 6.45) is -2.59. The Kier molecular flexibility index (Phi) is 6.33. The highest BCUT2D eigenvalue weighted by atomic mass is 32.1. The van der Waals surface area contributed by atoms with Crippen molar-refractivity contribution in [1.82, 2.24) is 10.6 Å². The molecule has 1 aliphatic rings. The van der Waals surface area contributed by atoms with Gasteiger partial charge in [-0.05, 0) is 37.1 Å². The van der Waals surface area contributed by atoms with Crippen molar-refractivity contribution in [2.75, 3.05) is 13.6 Å². The molecule has 1 unspecified atom stereocenters. The van der Waals surface area contributed by atoms with E-state index in [4.69, 9.17) is 0 Å². The van der Waals surface area contributed by atoms with E-state index in [1.54, 1.807) is 18.4 Å². The summed E-state index contributed by atoms with van der Waals surface area (Å²) < 4.78 is 38.1. The van der Waals surface area contributed by atoms with Crippen LogP contribution >= 0.6 is 11.3 Å². The molecule has 0 aromatic carbocycles. The Bertz CT molecular complexity index is 491. The Labute approximate surface area is 139 Å². The summed E-state index contributed by atoms with van der Waals surface area (Å²) in [5, 5.41) is 8.58. The number of rotatable bonds is 4. The topological polar surface area (TPSA) is 36.4 Å². The van der Waals surface area contributed by atoms with Crippen molar-refractivity contribution >= 4 is 17.3 Å². The van der Waals surface area contributed by atoms with Crippen molar-refractivity contribution in [3.63, 3.8) is 0 Å². The van der Waals surface area contributed by atoms with E-state index in [-0.39, 0.29) is 18.9 Å². The second kappa shape index (κ2) is 8.04. The molecule has 2 rings (SSSR count). The lowest BCUT2D eigenvalue weighted by Crippen LogP contribution is -2.46. The first-order valence-electron chi connectivity index (χ1n) is 7.97. The van der Waals surface area contributed by atoms with Crippen LogP contribution in [-0.2, 0) is 0 Å². The molecule has 0 bridgehead atoms. The number of aliphatic imine (C=N–C) groups is 1. The average molecular weight is 347 g/mol. The molecular weight excluding hydrogens is 323 g/mol. The molecule has 1 aliphatic carbocycles. The maximum atomic E-state index is 12.7. The lowest BCUT2D eigenvalue weighted by Gasteiger charge is -2.31. The van der Waals surface area contributed by atoms with E-state index in [0.29, 0.717) is 24.7 Å². The molecule has 7 heteroatoms. The number of hydrogen-bond acceptors (Lipinski definition) is 2. The molecule has 23 heavy (non-hydrogen) atoms. The predicted molar refractivity (Wildman–Crippen MR) is 89.0 cm³/mol. The summed E-state index contributed by atoms with van der Waals surface area (Å²) in [7, 11) is 1.69. The zero-order valence-electron chi connectivity index (χ0n) is 13.5. The van der Waals surface area contributed by atoms with Gasteiger partial charge in [-0.2, -0.15) is 13.2 Å². The van der Waals surface area contributed by atoms with Gasteiger partial charge in [0.1, 0.15) is 0 Å². The minimum atomic E-state index is -4.05. The molecule has 1 aromatic heterocycles. The fraction of sp³-hybridized carbons (Fsp3) is 0.688. The maximum Gasteiger partial charge on any atom is 0.391 e. The molecule has 0 amide bonds. The summed E-state index contributed by atoms with van der Waals surface area (Å²) in [6.45, 7) is 2.89. The van der Waals surface area contributed by atoms with Gasteiger partial charge >= 0.3 is 6.18 Å². The molecule has 0 saturated heterocycles. The molecule has 1 aromatic rings. The lowest BCUT2D eigenvalue weighted by molar-refractivity contribution is -0.182. The van der Waals surface area contributed by atoms with Gasteiger partial charge in [0, 0.05) is 30.4 Å². The third-order valence-corrected chi connectivity index (χ3v) is 5.46. The van der Waals surface area contributed by atoms with Crippen molar-refractivity contribution < 1.29 is 13.2 Å². The van der Waals surface area contributed by atoms with E-state index in [1.807, 2.05) is 6.07 Å². The Morgan fingerprint density at radius 2 is 2.04 bits per heavy atom. The van der Waals surface area contributed by atoms with E-state index in [2.05, 4.69) is 34.0 Å². The summed E-state index contributed by atoms with van der Waals surface area (Å²) in [5.74, 6) is -0.104. The smallest absolute Gasteiger partial charge is 0.356 e. The predicted octanol–water partition coefficient (Wildman–Crippen LogP) is 4.14. The number of nitrogens with one attached hydrogen (secondary N) is 2. The van der Waals surface area contributed by atoms with Crippen LogP contribution in [0.15, 0.2) is 22.5 Å². The molecule has 1 atom stereocenters. The largest absolute Gasteiger partial charge is 0.391 e. The molecule has 0 radical (unpaired) electrons. The first-order chi connectivity index (χ1) is 10.9. The van der Waals surface area contributed by atoms with E-state index < -0.39 is 12.1 Å². The molecule has 1 fully saturated rings. The number of guanidine groups is 1. The standard InChI is InChI=1S/C16H24F3N3S/c1-11(14-4-3-9-23-14)10-21-15(20-2)22-13-7-5-12(6-8-13)16(17,18)19/h3-4,9,11-13H,5-8,10H2,1-2H3,(H2,20,21,22). The van der Waals surface area contributed by atoms with Crippen molar-refractivity contribution in [3.8, 4) is 0 Å². The lowest BCUT2D eigenvalue weighted by atomic mass is 9.85. The van der Waals surface area contributed by atoms with Gasteiger partial charge in [0.15, 0.2) is 5.96 Å². The minimum absolute atomic E-state index is 0.0665. The maximum absolute atomic E-state index is 12.7. The van der Waals surface area contributed by atoms with Crippen LogP contribution in [0.1, 0.15) is 43.4 Å².